The molecule has 1 aromatic carbocycles. The Balaban J connectivity index is 2.18. The molecule has 2 rings (SSSR count). The molecule has 0 aromatic heterocycles. The number of carboxylic acids is 1. The molecule has 0 radical (unpaired) electrons. The lowest BCUT2D eigenvalue weighted by Crippen LogP contribution is -2.56. The van der Waals surface area contributed by atoms with E-state index in [2.05, 4.69) is 23.3 Å². The lowest BCUT2D eigenvalue weighted by atomic mass is 10.0. The van der Waals surface area contributed by atoms with E-state index in [9.17, 15) is 24.3 Å². The van der Waals surface area contributed by atoms with E-state index in [1.165, 1.54) is 17.0 Å². The van der Waals surface area contributed by atoms with E-state index in [0.29, 0.717) is 24.9 Å². The Morgan fingerprint density at radius 2 is 1.83 bits per heavy atom. The molecule has 0 bridgehead atoms. The number of hydrogen-bond acceptors (Lipinski definition) is 7. The molecule has 164 valence electrons. The van der Waals surface area contributed by atoms with Gasteiger partial charge in [0.25, 0.3) is 0 Å². The van der Waals surface area contributed by atoms with E-state index in [0.717, 1.165) is 0 Å². The van der Waals surface area contributed by atoms with Crippen LogP contribution in [0.5, 0.6) is 5.75 Å². The average molecular weight is 439 g/mol. The van der Waals surface area contributed by atoms with Crippen molar-refractivity contribution in [1.82, 2.24) is 15.5 Å². The first kappa shape index (κ1) is 23.5. The Morgan fingerprint density at radius 3 is 2.40 bits per heavy atom. The molecule has 0 aliphatic carbocycles. The fourth-order valence-electron chi connectivity index (χ4n) is 3.26. The van der Waals surface area contributed by atoms with Gasteiger partial charge in [0.05, 0.1) is 6.54 Å². The Hall–Kier alpha value is -2.79. The molecule has 3 unspecified atom stereocenters. The first-order chi connectivity index (χ1) is 14.3. The summed E-state index contributed by atoms with van der Waals surface area (Å²) in [5.74, 6) is -2.87. The summed E-state index contributed by atoms with van der Waals surface area (Å²) in [4.78, 5) is 50.2. The van der Waals surface area contributed by atoms with Crippen LogP contribution >= 0.6 is 12.6 Å². The minimum atomic E-state index is -1.25. The Bertz CT molecular complexity index is 788. The summed E-state index contributed by atoms with van der Waals surface area (Å²) in [5, 5.41) is 23.6. The van der Waals surface area contributed by atoms with Crippen molar-refractivity contribution >= 4 is 36.3 Å². The number of phenols is 1. The van der Waals surface area contributed by atoms with Crippen molar-refractivity contribution in [2.45, 2.75) is 37.4 Å². The van der Waals surface area contributed by atoms with Crippen LogP contribution in [-0.2, 0) is 25.6 Å². The molecule has 1 saturated heterocycles. The van der Waals surface area contributed by atoms with Crippen LogP contribution in [0.1, 0.15) is 18.4 Å². The summed E-state index contributed by atoms with van der Waals surface area (Å²) in [7, 11) is 0. The number of hydrogen-bond donors (Lipinski definition) is 6. The fraction of sp³-hybridized carbons (Fsp3) is 0.474. The molecule has 0 spiro atoms. The van der Waals surface area contributed by atoms with Crippen LogP contribution in [0.3, 0.4) is 0 Å². The van der Waals surface area contributed by atoms with Gasteiger partial charge in [-0.05, 0) is 30.5 Å². The summed E-state index contributed by atoms with van der Waals surface area (Å²) >= 11 is 3.93. The van der Waals surface area contributed by atoms with Crippen molar-refractivity contribution in [1.29, 1.82) is 0 Å². The maximum absolute atomic E-state index is 12.8. The lowest BCUT2D eigenvalue weighted by Gasteiger charge is -2.26. The van der Waals surface area contributed by atoms with Crippen molar-refractivity contribution in [3.63, 3.8) is 0 Å². The highest BCUT2D eigenvalue weighted by Gasteiger charge is 2.35. The van der Waals surface area contributed by atoms with Gasteiger partial charge >= 0.3 is 5.97 Å². The standard InChI is InChI=1S/C19H26N4O6S/c20-9-16(25)23-7-1-2-15(23)18(27)21-13(8-11-3-5-12(24)6-4-11)17(26)22-14(10-30)19(28)29/h3-6,13-15,24,30H,1-2,7-10,20H2,(H,21,27)(H,22,26)(H,28,29). The number of rotatable bonds is 9. The van der Waals surface area contributed by atoms with E-state index in [1.807, 2.05) is 0 Å². The molecule has 1 aliphatic rings. The molecule has 30 heavy (non-hydrogen) atoms. The van der Waals surface area contributed by atoms with E-state index in [4.69, 9.17) is 10.8 Å². The molecule has 3 atom stereocenters. The lowest BCUT2D eigenvalue weighted by molar-refractivity contribution is -0.142. The summed E-state index contributed by atoms with van der Waals surface area (Å²) in [5.41, 5.74) is 6.05. The third-order valence-corrected chi connectivity index (χ3v) is 5.22. The minimum Gasteiger partial charge on any atom is -0.508 e. The third kappa shape index (κ3) is 6.10. The van der Waals surface area contributed by atoms with Crippen molar-refractivity contribution in [3.8, 4) is 5.75 Å². The normalized spacial score (nSPS) is 17.8. The fourth-order valence-corrected chi connectivity index (χ4v) is 3.51. The number of nitrogens with zero attached hydrogens (tertiary/aromatic N) is 1. The van der Waals surface area contributed by atoms with E-state index in [1.54, 1.807) is 12.1 Å². The summed E-state index contributed by atoms with van der Waals surface area (Å²) < 4.78 is 0. The van der Waals surface area contributed by atoms with Gasteiger partial charge in [-0.25, -0.2) is 4.79 Å². The Kier molecular flexibility index (Phi) is 8.48. The first-order valence-electron chi connectivity index (χ1n) is 9.48. The Labute approximate surface area is 179 Å². The molecule has 1 fully saturated rings. The van der Waals surface area contributed by atoms with Gasteiger partial charge in [0.2, 0.25) is 17.7 Å². The van der Waals surface area contributed by atoms with Crippen LogP contribution in [0, 0.1) is 0 Å². The van der Waals surface area contributed by atoms with Gasteiger partial charge in [0.15, 0.2) is 0 Å². The van der Waals surface area contributed by atoms with Gasteiger partial charge in [-0.3, -0.25) is 14.4 Å². The highest BCUT2D eigenvalue weighted by atomic mass is 32.1. The van der Waals surface area contributed by atoms with Gasteiger partial charge in [-0.1, -0.05) is 12.1 Å². The monoisotopic (exact) mass is 438 g/mol. The van der Waals surface area contributed by atoms with Gasteiger partial charge in [0.1, 0.15) is 23.9 Å². The number of amides is 3. The van der Waals surface area contributed by atoms with Crippen LogP contribution in [-0.4, -0.2) is 75.8 Å². The predicted octanol–water partition coefficient (Wildman–Crippen LogP) is -1.13. The van der Waals surface area contributed by atoms with Gasteiger partial charge in [-0.2, -0.15) is 12.6 Å². The zero-order chi connectivity index (χ0) is 22.3. The molecule has 11 heteroatoms. The van der Waals surface area contributed by atoms with Crippen LogP contribution in [0.2, 0.25) is 0 Å². The third-order valence-electron chi connectivity index (χ3n) is 4.86. The highest BCUT2D eigenvalue weighted by molar-refractivity contribution is 7.80. The van der Waals surface area contributed by atoms with E-state index in [-0.39, 0.29) is 30.4 Å². The van der Waals surface area contributed by atoms with Crippen LogP contribution in [0.4, 0.5) is 0 Å². The van der Waals surface area contributed by atoms with Crippen LogP contribution in [0.25, 0.3) is 0 Å². The molecular formula is C19H26N4O6S. The maximum Gasteiger partial charge on any atom is 0.327 e. The number of aliphatic carboxylic acids is 1. The van der Waals surface area contributed by atoms with Crippen molar-refractivity contribution in [2.75, 3.05) is 18.8 Å². The van der Waals surface area contributed by atoms with Gasteiger partial charge < -0.3 is 31.5 Å². The van der Waals surface area contributed by atoms with Crippen molar-refractivity contribution in [2.24, 2.45) is 5.73 Å². The number of nitrogens with two attached hydrogens (primary N) is 1. The number of phenolic OH excluding ortho intramolecular Hbond substituents is 1. The quantitative estimate of drug-likeness (QED) is 0.266. The number of carbonyl (C=O) groups excluding carboxylic acids is 3. The van der Waals surface area contributed by atoms with Gasteiger partial charge in [0, 0.05) is 18.7 Å². The summed E-state index contributed by atoms with van der Waals surface area (Å²) in [6.07, 6.45) is 1.15. The summed E-state index contributed by atoms with van der Waals surface area (Å²) in [6.45, 7) is 0.188. The van der Waals surface area contributed by atoms with E-state index < -0.39 is 35.9 Å². The number of carboxylic acid groups (broad SMARTS) is 1. The largest absolute Gasteiger partial charge is 0.508 e. The average Bonchev–Trinajstić information content (AvgIpc) is 3.22. The molecule has 1 aromatic rings. The molecule has 3 amide bonds. The van der Waals surface area contributed by atoms with Crippen molar-refractivity contribution < 1.29 is 29.4 Å². The molecule has 1 heterocycles. The van der Waals surface area contributed by atoms with Gasteiger partial charge in [-0.15, -0.1) is 0 Å². The highest BCUT2D eigenvalue weighted by Crippen LogP contribution is 2.18. The zero-order valence-electron chi connectivity index (χ0n) is 16.3. The maximum atomic E-state index is 12.8. The Morgan fingerprint density at radius 1 is 1.17 bits per heavy atom. The minimum absolute atomic E-state index is 0.0479. The van der Waals surface area contributed by atoms with Crippen LogP contribution < -0.4 is 16.4 Å². The van der Waals surface area contributed by atoms with E-state index >= 15 is 0 Å². The predicted molar refractivity (Wildman–Crippen MR) is 111 cm³/mol. The number of benzene rings is 1. The molecule has 10 nitrogen and oxygen atoms in total. The SMILES string of the molecule is NCC(=O)N1CCCC1C(=O)NC(Cc1ccc(O)cc1)C(=O)NC(CS)C(=O)O. The molecule has 1 aliphatic heterocycles. The topological polar surface area (TPSA) is 162 Å². The molecule has 6 N–H and O–H groups in total. The number of thiol groups is 1. The van der Waals surface area contributed by atoms with Crippen LogP contribution in [0.15, 0.2) is 24.3 Å². The second kappa shape index (κ2) is 10.8. The summed E-state index contributed by atoms with van der Waals surface area (Å²) in [6, 6.07) is 3.03. The zero-order valence-corrected chi connectivity index (χ0v) is 17.2. The molecular weight excluding hydrogens is 412 g/mol. The van der Waals surface area contributed by atoms with Crippen molar-refractivity contribution in [3.05, 3.63) is 29.8 Å². The number of carbonyl (C=O) groups is 4. The number of likely N-dealkylation sites (tertiary alicyclic amines) is 1. The second-order valence-electron chi connectivity index (χ2n) is 6.96. The number of aromatic hydroxyl groups is 1. The smallest absolute Gasteiger partial charge is 0.327 e. The number of nitrogens with one attached hydrogen (secondary N) is 2. The second-order valence-corrected chi connectivity index (χ2v) is 7.33. The first-order valence-corrected chi connectivity index (χ1v) is 10.1. The molecule has 0 saturated carbocycles.